The van der Waals surface area contributed by atoms with Gasteiger partial charge in [0.05, 0.1) is 9.50 Å². The van der Waals surface area contributed by atoms with Crippen LogP contribution in [0.3, 0.4) is 0 Å². The van der Waals surface area contributed by atoms with E-state index in [1.54, 1.807) is 12.1 Å². The number of hydrogen-bond acceptors (Lipinski definition) is 1. The van der Waals surface area contributed by atoms with Gasteiger partial charge in [-0.05, 0) is 80.3 Å². The first-order valence-corrected chi connectivity index (χ1v) is 7.87. The summed E-state index contributed by atoms with van der Waals surface area (Å²) < 4.78 is 14.6. The van der Waals surface area contributed by atoms with Crippen LogP contribution in [0.2, 0.25) is 5.02 Å². The SMILES string of the molecule is NC(Cc1ccc(F)c(Br)c1)c1ccc(I)c(Cl)c1. The molecule has 0 radical (unpaired) electrons. The molecule has 2 aromatic carbocycles. The average molecular weight is 455 g/mol. The van der Waals surface area contributed by atoms with E-state index in [9.17, 15) is 4.39 Å². The van der Waals surface area contributed by atoms with Crippen molar-refractivity contribution in [2.24, 2.45) is 5.73 Å². The van der Waals surface area contributed by atoms with Crippen LogP contribution >= 0.6 is 50.1 Å². The fourth-order valence-corrected chi connectivity index (χ4v) is 2.73. The molecule has 1 atom stereocenters. The van der Waals surface area contributed by atoms with E-state index in [1.807, 2.05) is 18.2 Å². The molecule has 0 saturated heterocycles. The second-order valence-corrected chi connectivity index (χ2v) is 6.66. The molecule has 0 aliphatic rings. The van der Waals surface area contributed by atoms with Crippen molar-refractivity contribution in [3.8, 4) is 0 Å². The van der Waals surface area contributed by atoms with E-state index in [-0.39, 0.29) is 11.9 Å². The summed E-state index contributed by atoms with van der Waals surface area (Å²) in [5.74, 6) is -0.269. The molecule has 0 fully saturated rings. The van der Waals surface area contributed by atoms with Crippen LogP contribution in [0.4, 0.5) is 4.39 Å². The monoisotopic (exact) mass is 453 g/mol. The molecule has 100 valence electrons. The Bertz CT molecular complexity index is 606. The molecule has 0 saturated carbocycles. The minimum atomic E-state index is -0.269. The van der Waals surface area contributed by atoms with E-state index in [0.29, 0.717) is 15.9 Å². The Hall–Kier alpha value is -0.170. The van der Waals surface area contributed by atoms with Gasteiger partial charge < -0.3 is 5.73 Å². The minimum absolute atomic E-state index is 0.160. The zero-order valence-corrected chi connectivity index (χ0v) is 14.3. The van der Waals surface area contributed by atoms with Gasteiger partial charge in [0.1, 0.15) is 5.82 Å². The van der Waals surface area contributed by atoms with Gasteiger partial charge in [-0.15, -0.1) is 0 Å². The Morgan fingerprint density at radius 2 is 2.00 bits per heavy atom. The maximum atomic E-state index is 13.2. The van der Waals surface area contributed by atoms with Crippen molar-refractivity contribution in [2.45, 2.75) is 12.5 Å². The van der Waals surface area contributed by atoms with Gasteiger partial charge in [-0.1, -0.05) is 23.7 Å². The summed E-state index contributed by atoms with van der Waals surface area (Å²) >= 11 is 11.4. The van der Waals surface area contributed by atoms with Crippen molar-refractivity contribution >= 4 is 50.1 Å². The molecule has 0 bridgehead atoms. The summed E-state index contributed by atoms with van der Waals surface area (Å²) in [5, 5.41) is 0.703. The smallest absolute Gasteiger partial charge is 0.137 e. The molecule has 0 amide bonds. The van der Waals surface area contributed by atoms with E-state index in [0.717, 1.165) is 14.7 Å². The maximum absolute atomic E-state index is 13.2. The summed E-state index contributed by atoms with van der Waals surface area (Å²) in [6.45, 7) is 0. The fraction of sp³-hybridized carbons (Fsp3) is 0.143. The molecule has 0 spiro atoms. The first-order chi connectivity index (χ1) is 8.97. The van der Waals surface area contributed by atoms with Crippen molar-refractivity contribution in [1.29, 1.82) is 0 Å². The van der Waals surface area contributed by atoms with E-state index in [1.165, 1.54) is 6.07 Å². The van der Waals surface area contributed by atoms with Gasteiger partial charge in [0.25, 0.3) is 0 Å². The third kappa shape index (κ3) is 3.90. The first-order valence-electron chi connectivity index (χ1n) is 5.62. The predicted octanol–water partition coefficient (Wildman–Crippen LogP) is 5.09. The molecule has 0 aromatic heterocycles. The molecule has 0 heterocycles. The van der Waals surface area contributed by atoms with E-state index in [4.69, 9.17) is 17.3 Å². The third-order valence-corrected chi connectivity index (χ3v) is 4.99. The van der Waals surface area contributed by atoms with Crippen LogP contribution in [0.1, 0.15) is 17.2 Å². The fourth-order valence-electron chi connectivity index (χ4n) is 1.78. The van der Waals surface area contributed by atoms with Crippen LogP contribution in [0.15, 0.2) is 40.9 Å². The van der Waals surface area contributed by atoms with Crippen molar-refractivity contribution in [3.05, 3.63) is 66.4 Å². The van der Waals surface area contributed by atoms with Crippen LogP contribution in [0.25, 0.3) is 0 Å². The van der Waals surface area contributed by atoms with Gasteiger partial charge in [0.15, 0.2) is 0 Å². The molecule has 19 heavy (non-hydrogen) atoms. The van der Waals surface area contributed by atoms with Gasteiger partial charge in [0.2, 0.25) is 0 Å². The van der Waals surface area contributed by atoms with Gasteiger partial charge in [-0.2, -0.15) is 0 Å². The summed E-state index contributed by atoms with van der Waals surface area (Å²) in [5.41, 5.74) is 8.12. The first kappa shape index (κ1) is 15.2. The Morgan fingerprint density at radius 3 is 2.63 bits per heavy atom. The Kier molecular flexibility index (Phi) is 5.22. The topological polar surface area (TPSA) is 26.0 Å². The number of nitrogens with two attached hydrogens (primary N) is 1. The maximum Gasteiger partial charge on any atom is 0.137 e. The second kappa shape index (κ2) is 6.52. The average Bonchev–Trinajstić information content (AvgIpc) is 2.37. The lowest BCUT2D eigenvalue weighted by molar-refractivity contribution is 0.618. The van der Waals surface area contributed by atoms with Gasteiger partial charge in [-0.3, -0.25) is 0 Å². The molecule has 0 aliphatic carbocycles. The lowest BCUT2D eigenvalue weighted by atomic mass is 10.00. The van der Waals surface area contributed by atoms with Crippen molar-refractivity contribution in [3.63, 3.8) is 0 Å². The normalized spacial score (nSPS) is 12.5. The van der Waals surface area contributed by atoms with Gasteiger partial charge in [-0.25, -0.2) is 4.39 Å². The summed E-state index contributed by atoms with van der Waals surface area (Å²) in [7, 11) is 0. The highest BCUT2D eigenvalue weighted by Crippen LogP contribution is 2.25. The van der Waals surface area contributed by atoms with E-state index in [2.05, 4.69) is 38.5 Å². The van der Waals surface area contributed by atoms with Crippen molar-refractivity contribution in [2.75, 3.05) is 0 Å². The predicted molar refractivity (Wildman–Crippen MR) is 88.9 cm³/mol. The molecule has 0 aliphatic heterocycles. The Balaban J connectivity index is 2.17. The Morgan fingerprint density at radius 1 is 1.26 bits per heavy atom. The molecule has 2 aromatic rings. The van der Waals surface area contributed by atoms with Crippen LogP contribution in [0.5, 0.6) is 0 Å². The van der Waals surface area contributed by atoms with Crippen molar-refractivity contribution < 1.29 is 4.39 Å². The highest BCUT2D eigenvalue weighted by Gasteiger charge is 2.10. The molecule has 2 N–H and O–H groups in total. The largest absolute Gasteiger partial charge is 0.324 e. The number of rotatable bonds is 3. The molecule has 1 unspecified atom stereocenters. The van der Waals surface area contributed by atoms with Gasteiger partial charge in [0, 0.05) is 9.61 Å². The summed E-state index contributed by atoms with van der Waals surface area (Å²) in [4.78, 5) is 0. The van der Waals surface area contributed by atoms with Gasteiger partial charge >= 0.3 is 0 Å². The minimum Gasteiger partial charge on any atom is -0.324 e. The van der Waals surface area contributed by atoms with E-state index >= 15 is 0 Å². The second-order valence-electron chi connectivity index (χ2n) is 4.23. The van der Waals surface area contributed by atoms with Crippen LogP contribution in [-0.2, 0) is 6.42 Å². The number of halogens is 4. The lowest BCUT2D eigenvalue weighted by Gasteiger charge is -2.13. The van der Waals surface area contributed by atoms with Crippen LogP contribution in [0, 0.1) is 9.39 Å². The third-order valence-electron chi connectivity index (χ3n) is 2.81. The van der Waals surface area contributed by atoms with Crippen LogP contribution in [-0.4, -0.2) is 0 Å². The highest BCUT2D eigenvalue weighted by molar-refractivity contribution is 14.1. The standard InChI is InChI=1S/C14H11BrClFIN/c15-10-5-8(1-3-12(10)17)6-14(19)9-2-4-13(18)11(16)7-9/h1-5,7,14H,6,19H2. The molecule has 1 nitrogen and oxygen atoms in total. The van der Waals surface area contributed by atoms with E-state index < -0.39 is 0 Å². The van der Waals surface area contributed by atoms with Crippen LogP contribution < -0.4 is 5.73 Å². The quantitative estimate of drug-likeness (QED) is 0.643. The Labute approximate surface area is 138 Å². The highest BCUT2D eigenvalue weighted by atomic mass is 127. The molecule has 2 rings (SSSR count). The van der Waals surface area contributed by atoms with Crippen molar-refractivity contribution in [1.82, 2.24) is 0 Å². The summed E-state index contributed by atoms with van der Waals surface area (Å²) in [6, 6.07) is 10.6. The molecular weight excluding hydrogens is 443 g/mol. The lowest BCUT2D eigenvalue weighted by Crippen LogP contribution is -2.13. The molecule has 5 heteroatoms. The number of hydrogen-bond donors (Lipinski definition) is 1. The zero-order valence-electron chi connectivity index (χ0n) is 9.84. The number of benzene rings is 2. The zero-order chi connectivity index (χ0) is 14.0. The molecular formula is C14H11BrClFIN. The summed E-state index contributed by atoms with van der Waals surface area (Å²) in [6.07, 6.45) is 0.635.